The van der Waals surface area contributed by atoms with Crippen molar-refractivity contribution < 1.29 is 14.4 Å². The summed E-state index contributed by atoms with van der Waals surface area (Å²) in [6.45, 7) is 6.26. The van der Waals surface area contributed by atoms with E-state index in [9.17, 15) is 9.18 Å². The van der Waals surface area contributed by atoms with Crippen LogP contribution in [-0.2, 0) is 11.2 Å². The van der Waals surface area contributed by atoms with E-state index in [1.54, 1.807) is 37.7 Å². The number of rotatable bonds is 10. The molecule has 0 aliphatic heterocycles. The number of hydrogen-bond donors (Lipinski definition) is 3. The van der Waals surface area contributed by atoms with Gasteiger partial charge < -0.3 is 5.32 Å². The summed E-state index contributed by atoms with van der Waals surface area (Å²) in [4.78, 5) is 16.4. The van der Waals surface area contributed by atoms with Crippen LogP contribution in [0, 0.1) is 25.6 Å². The van der Waals surface area contributed by atoms with Gasteiger partial charge in [-0.1, -0.05) is 30.2 Å². The van der Waals surface area contributed by atoms with E-state index in [0.717, 1.165) is 30.6 Å². The van der Waals surface area contributed by atoms with Crippen molar-refractivity contribution in [3.63, 3.8) is 0 Å². The lowest BCUT2D eigenvalue weighted by Crippen LogP contribution is -2.29. The molecule has 5 nitrogen and oxygen atoms in total. The third kappa shape index (κ3) is 7.07. The Hall–Kier alpha value is -2.02. The highest BCUT2D eigenvalue weighted by atomic mass is 35.5. The lowest BCUT2D eigenvalue weighted by Gasteiger charge is -2.17. The highest BCUT2D eigenvalue weighted by molar-refractivity contribution is 6.30. The molecule has 1 aromatic carbocycles. The Morgan fingerprint density at radius 3 is 2.52 bits per heavy atom. The summed E-state index contributed by atoms with van der Waals surface area (Å²) in [5.74, 6) is -0.983. The maximum absolute atomic E-state index is 13.8. The standard InChI is InChI=1S/C22H29ClFN3O2/c1-14-10-17(11-15(2)21(14)24)12-18(22(28)27-29)6-4-5-9-25-16(3)20-8-7-19(23)13-26-20/h7-8,10-11,13,16,18,25,29H,4-6,9,12H2,1-3H3,(H,27,28)/t16-,18+/m1/s1. The molecule has 0 bridgehead atoms. The van der Waals surface area contributed by atoms with E-state index >= 15 is 0 Å². The summed E-state index contributed by atoms with van der Waals surface area (Å²) in [7, 11) is 0. The third-order valence-electron chi connectivity index (χ3n) is 5.08. The number of hydrogen-bond acceptors (Lipinski definition) is 4. The minimum atomic E-state index is -0.406. The molecule has 0 saturated heterocycles. The van der Waals surface area contributed by atoms with Crippen molar-refractivity contribution in [3.05, 3.63) is 63.7 Å². The summed E-state index contributed by atoms with van der Waals surface area (Å²) in [5.41, 5.74) is 4.72. The molecular formula is C22H29ClFN3O2. The molecule has 2 aromatic rings. The van der Waals surface area contributed by atoms with Crippen molar-refractivity contribution in [2.75, 3.05) is 6.54 Å². The molecule has 1 heterocycles. The number of benzene rings is 1. The van der Waals surface area contributed by atoms with Gasteiger partial charge in [-0.05, 0) is 75.4 Å². The number of aromatic nitrogens is 1. The predicted octanol–water partition coefficient (Wildman–Crippen LogP) is 4.68. The zero-order valence-corrected chi connectivity index (χ0v) is 17.9. The van der Waals surface area contributed by atoms with Gasteiger partial charge in [0.2, 0.25) is 5.91 Å². The molecule has 2 atom stereocenters. The minimum absolute atomic E-state index is 0.106. The molecule has 1 aromatic heterocycles. The number of unbranched alkanes of at least 4 members (excludes halogenated alkanes) is 1. The van der Waals surface area contributed by atoms with Crippen LogP contribution in [0.15, 0.2) is 30.5 Å². The van der Waals surface area contributed by atoms with Crippen LogP contribution in [0.2, 0.25) is 5.02 Å². The number of pyridine rings is 1. The van der Waals surface area contributed by atoms with E-state index in [-0.39, 0.29) is 17.8 Å². The number of hydroxylamine groups is 1. The van der Waals surface area contributed by atoms with Gasteiger partial charge in [-0.15, -0.1) is 0 Å². The Balaban J connectivity index is 1.83. The van der Waals surface area contributed by atoms with Crippen molar-refractivity contribution in [1.29, 1.82) is 0 Å². The summed E-state index contributed by atoms with van der Waals surface area (Å²) in [5, 5.41) is 13.1. The second kappa shape index (κ2) is 11.2. The largest absolute Gasteiger partial charge is 0.309 e. The van der Waals surface area contributed by atoms with Gasteiger partial charge >= 0.3 is 0 Å². The Kier molecular flexibility index (Phi) is 9.01. The van der Waals surface area contributed by atoms with Crippen LogP contribution >= 0.6 is 11.6 Å². The fourth-order valence-electron chi connectivity index (χ4n) is 3.44. The zero-order valence-electron chi connectivity index (χ0n) is 17.1. The van der Waals surface area contributed by atoms with Gasteiger partial charge in [0, 0.05) is 18.2 Å². The SMILES string of the molecule is Cc1cc(C[C@H](CCCCN[C@H](C)c2ccc(Cl)cn2)C(=O)NO)cc(C)c1F. The van der Waals surface area contributed by atoms with E-state index in [1.165, 1.54) is 0 Å². The van der Waals surface area contributed by atoms with E-state index in [1.807, 2.05) is 19.1 Å². The highest BCUT2D eigenvalue weighted by Crippen LogP contribution is 2.21. The summed E-state index contributed by atoms with van der Waals surface area (Å²) in [6.07, 6.45) is 4.44. The van der Waals surface area contributed by atoms with E-state index in [4.69, 9.17) is 16.8 Å². The van der Waals surface area contributed by atoms with Crippen LogP contribution < -0.4 is 10.8 Å². The van der Waals surface area contributed by atoms with Gasteiger partial charge in [0.15, 0.2) is 0 Å². The molecule has 158 valence electrons. The minimum Gasteiger partial charge on any atom is -0.309 e. The molecule has 1 amide bonds. The van der Waals surface area contributed by atoms with E-state index in [2.05, 4.69) is 10.3 Å². The van der Waals surface area contributed by atoms with Crippen molar-refractivity contribution in [1.82, 2.24) is 15.8 Å². The summed E-state index contributed by atoms with van der Waals surface area (Å²) >= 11 is 5.86. The first kappa shape index (κ1) is 23.3. The van der Waals surface area contributed by atoms with E-state index < -0.39 is 5.91 Å². The number of nitrogens with one attached hydrogen (secondary N) is 2. The van der Waals surface area contributed by atoms with Crippen LogP contribution in [0.4, 0.5) is 4.39 Å². The average molecular weight is 422 g/mol. The Morgan fingerprint density at radius 1 is 1.24 bits per heavy atom. The van der Waals surface area contributed by atoms with E-state index in [0.29, 0.717) is 29.0 Å². The Morgan fingerprint density at radius 2 is 1.93 bits per heavy atom. The van der Waals surface area contributed by atoms with Crippen molar-refractivity contribution in [2.24, 2.45) is 5.92 Å². The fourth-order valence-corrected chi connectivity index (χ4v) is 3.55. The molecule has 0 spiro atoms. The first-order valence-corrected chi connectivity index (χ1v) is 10.2. The molecule has 3 N–H and O–H groups in total. The number of amides is 1. The molecule has 0 aliphatic carbocycles. The van der Waals surface area contributed by atoms with Gasteiger partial charge in [0.05, 0.1) is 10.7 Å². The fraction of sp³-hybridized carbons (Fsp3) is 0.455. The molecule has 7 heteroatoms. The molecule has 0 radical (unpaired) electrons. The molecule has 0 saturated carbocycles. The first-order chi connectivity index (χ1) is 13.8. The maximum Gasteiger partial charge on any atom is 0.246 e. The van der Waals surface area contributed by atoms with Crippen LogP contribution in [0.25, 0.3) is 0 Å². The summed E-state index contributed by atoms with van der Waals surface area (Å²) < 4.78 is 13.8. The Bertz CT molecular complexity index is 791. The monoisotopic (exact) mass is 421 g/mol. The van der Waals surface area contributed by atoms with Gasteiger partial charge in [-0.2, -0.15) is 0 Å². The normalized spacial score (nSPS) is 13.2. The van der Waals surface area contributed by atoms with Crippen molar-refractivity contribution in [3.8, 4) is 0 Å². The molecule has 0 fully saturated rings. The first-order valence-electron chi connectivity index (χ1n) is 9.86. The number of nitrogens with zero attached hydrogens (tertiary/aromatic N) is 1. The molecule has 0 unspecified atom stereocenters. The maximum atomic E-state index is 13.8. The molecule has 0 aliphatic rings. The lowest BCUT2D eigenvalue weighted by atomic mass is 9.91. The summed E-state index contributed by atoms with van der Waals surface area (Å²) in [6, 6.07) is 7.35. The number of carbonyl (C=O) groups is 1. The van der Waals surface area contributed by atoms with Crippen molar-refractivity contribution >= 4 is 17.5 Å². The van der Waals surface area contributed by atoms with Crippen LogP contribution in [0.5, 0.6) is 0 Å². The second-order valence-corrected chi connectivity index (χ2v) is 7.93. The lowest BCUT2D eigenvalue weighted by molar-refractivity contribution is -0.133. The predicted molar refractivity (Wildman–Crippen MR) is 113 cm³/mol. The van der Waals surface area contributed by atoms with Crippen LogP contribution in [0.1, 0.15) is 54.6 Å². The number of aryl methyl sites for hydroxylation is 2. The molecule has 29 heavy (non-hydrogen) atoms. The number of halogens is 2. The van der Waals surface area contributed by atoms with Gasteiger partial charge in [-0.3, -0.25) is 15.0 Å². The van der Waals surface area contributed by atoms with Crippen LogP contribution in [-0.4, -0.2) is 22.6 Å². The van der Waals surface area contributed by atoms with Gasteiger partial charge in [0.1, 0.15) is 5.82 Å². The smallest absolute Gasteiger partial charge is 0.246 e. The van der Waals surface area contributed by atoms with Gasteiger partial charge in [0.25, 0.3) is 0 Å². The number of carbonyl (C=O) groups excluding carboxylic acids is 1. The van der Waals surface area contributed by atoms with Crippen LogP contribution in [0.3, 0.4) is 0 Å². The molecule has 2 rings (SSSR count). The highest BCUT2D eigenvalue weighted by Gasteiger charge is 2.19. The third-order valence-corrected chi connectivity index (χ3v) is 5.31. The van der Waals surface area contributed by atoms with Gasteiger partial charge in [-0.25, -0.2) is 9.87 Å². The Labute approximate surface area is 176 Å². The topological polar surface area (TPSA) is 74.2 Å². The average Bonchev–Trinajstić information content (AvgIpc) is 2.70. The quantitative estimate of drug-likeness (QED) is 0.296. The van der Waals surface area contributed by atoms with Crippen molar-refractivity contribution in [2.45, 2.75) is 52.5 Å². The zero-order chi connectivity index (χ0) is 21.4. The second-order valence-electron chi connectivity index (χ2n) is 7.49. The molecular weight excluding hydrogens is 393 g/mol.